The molecule has 0 saturated carbocycles. The van der Waals surface area contributed by atoms with Gasteiger partial charge in [-0.1, -0.05) is 12.1 Å². The van der Waals surface area contributed by atoms with E-state index in [4.69, 9.17) is 4.74 Å². The summed E-state index contributed by atoms with van der Waals surface area (Å²) in [4.78, 5) is 30.5. The Balaban J connectivity index is 2.27. The summed E-state index contributed by atoms with van der Waals surface area (Å²) in [5.74, 6) is -0.488. The van der Waals surface area contributed by atoms with Crippen LogP contribution < -0.4 is 10.3 Å². The predicted octanol–water partition coefficient (Wildman–Crippen LogP) is 2.30. The van der Waals surface area contributed by atoms with Gasteiger partial charge in [0.2, 0.25) is 0 Å². The first kappa shape index (κ1) is 13.8. The number of carbonyl (C=O) groups is 1. The molecule has 0 amide bonds. The molecule has 0 radical (unpaired) electrons. The van der Waals surface area contributed by atoms with E-state index >= 15 is 0 Å². The summed E-state index contributed by atoms with van der Waals surface area (Å²) >= 11 is 0. The van der Waals surface area contributed by atoms with Crippen molar-refractivity contribution < 1.29 is 14.6 Å². The lowest BCUT2D eigenvalue weighted by Gasteiger charge is -2.08. The standard InChI is InChI=1S/C16H12N2O4/c1-22-9-6-7-10(12(8-9)16(20)21)14-17-13-5-3-2-4-11(13)15(19)18-14/h2-8H,1H3,(H,20,21)(H,17,18,19). The number of hydrogen-bond donors (Lipinski definition) is 2. The first-order valence-electron chi connectivity index (χ1n) is 6.51. The van der Waals surface area contributed by atoms with Gasteiger partial charge in [-0.2, -0.15) is 0 Å². The van der Waals surface area contributed by atoms with Crippen LogP contribution in [-0.2, 0) is 0 Å². The number of nitrogens with one attached hydrogen (secondary N) is 1. The first-order chi connectivity index (χ1) is 10.6. The molecule has 3 aromatic rings. The number of para-hydroxylation sites is 1. The second-order valence-electron chi connectivity index (χ2n) is 4.65. The number of H-pyrrole nitrogens is 1. The number of aromatic nitrogens is 2. The van der Waals surface area contributed by atoms with Crippen LogP contribution in [0, 0.1) is 0 Å². The average Bonchev–Trinajstić information content (AvgIpc) is 2.54. The average molecular weight is 296 g/mol. The normalized spacial score (nSPS) is 10.6. The van der Waals surface area contributed by atoms with Gasteiger partial charge in [-0.3, -0.25) is 4.79 Å². The van der Waals surface area contributed by atoms with E-state index in [1.54, 1.807) is 36.4 Å². The van der Waals surface area contributed by atoms with Crippen LogP contribution in [0.1, 0.15) is 10.4 Å². The number of aromatic carboxylic acids is 1. The summed E-state index contributed by atoms with van der Waals surface area (Å²) < 4.78 is 5.03. The molecule has 0 bridgehead atoms. The van der Waals surface area contributed by atoms with Crippen molar-refractivity contribution in [3.63, 3.8) is 0 Å². The highest BCUT2D eigenvalue weighted by Crippen LogP contribution is 2.25. The Hall–Kier alpha value is -3.15. The van der Waals surface area contributed by atoms with Crippen molar-refractivity contribution in [1.29, 1.82) is 0 Å². The molecule has 0 fully saturated rings. The molecular formula is C16H12N2O4. The van der Waals surface area contributed by atoms with Crippen LogP contribution in [-0.4, -0.2) is 28.2 Å². The molecule has 0 unspecified atom stereocenters. The van der Waals surface area contributed by atoms with Gasteiger partial charge in [-0.25, -0.2) is 9.78 Å². The maximum Gasteiger partial charge on any atom is 0.336 e. The molecule has 2 N–H and O–H groups in total. The summed E-state index contributed by atoms with van der Waals surface area (Å²) in [6, 6.07) is 11.5. The van der Waals surface area contributed by atoms with Crippen molar-refractivity contribution in [1.82, 2.24) is 9.97 Å². The lowest BCUT2D eigenvalue weighted by Crippen LogP contribution is -2.11. The molecule has 1 aromatic heterocycles. The fraction of sp³-hybridized carbons (Fsp3) is 0.0625. The molecule has 22 heavy (non-hydrogen) atoms. The minimum atomic E-state index is -1.12. The zero-order valence-corrected chi connectivity index (χ0v) is 11.7. The molecule has 0 spiro atoms. The van der Waals surface area contributed by atoms with Gasteiger partial charge < -0.3 is 14.8 Å². The van der Waals surface area contributed by atoms with Gasteiger partial charge in [0.15, 0.2) is 0 Å². The smallest absolute Gasteiger partial charge is 0.336 e. The van der Waals surface area contributed by atoms with Crippen LogP contribution in [0.5, 0.6) is 5.75 Å². The van der Waals surface area contributed by atoms with Crippen molar-refractivity contribution in [2.24, 2.45) is 0 Å². The van der Waals surface area contributed by atoms with E-state index in [0.29, 0.717) is 22.2 Å². The highest BCUT2D eigenvalue weighted by molar-refractivity contribution is 5.96. The molecule has 110 valence electrons. The maximum absolute atomic E-state index is 12.1. The Morgan fingerprint density at radius 1 is 1.23 bits per heavy atom. The molecule has 1 heterocycles. The summed E-state index contributed by atoms with van der Waals surface area (Å²) in [6.45, 7) is 0. The van der Waals surface area contributed by atoms with Crippen molar-refractivity contribution in [3.05, 3.63) is 58.4 Å². The highest BCUT2D eigenvalue weighted by atomic mass is 16.5. The van der Waals surface area contributed by atoms with Crippen LogP contribution in [0.4, 0.5) is 0 Å². The van der Waals surface area contributed by atoms with E-state index in [1.165, 1.54) is 13.2 Å². The van der Waals surface area contributed by atoms with Crippen LogP contribution in [0.2, 0.25) is 0 Å². The Morgan fingerprint density at radius 2 is 2.00 bits per heavy atom. The number of benzene rings is 2. The number of nitrogens with zero attached hydrogens (tertiary/aromatic N) is 1. The van der Waals surface area contributed by atoms with Crippen molar-refractivity contribution in [2.75, 3.05) is 7.11 Å². The summed E-state index contributed by atoms with van der Waals surface area (Å²) in [5.41, 5.74) is 0.537. The fourth-order valence-corrected chi connectivity index (χ4v) is 2.25. The van der Waals surface area contributed by atoms with Crippen molar-refractivity contribution in [3.8, 4) is 17.1 Å². The van der Waals surface area contributed by atoms with Gasteiger partial charge in [0.25, 0.3) is 5.56 Å². The third-order valence-corrected chi connectivity index (χ3v) is 3.33. The van der Waals surface area contributed by atoms with Gasteiger partial charge in [0, 0.05) is 5.56 Å². The number of hydrogen-bond acceptors (Lipinski definition) is 4. The number of methoxy groups -OCH3 is 1. The van der Waals surface area contributed by atoms with E-state index in [-0.39, 0.29) is 16.9 Å². The molecular weight excluding hydrogens is 284 g/mol. The number of carboxylic acids is 1. The number of fused-ring (bicyclic) bond motifs is 1. The number of aromatic amines is 1. The third kappa shape index (κ3) is 2.31. The van der Waals surface area contributed by atoms with E-state index in [2.05, 4.69) is 9.97 Å². The molecule has 0 saturated heterocycles. The molecule has 3 rings (SSSR count). The second-order valence-corrected chi connectivity index (χ2v) is 4.65. The second kappa shape index (κ2) is 5.33. The Bertz CT molecular complexity index is 931. The molecule has 6 heteroatoms. The highest BCUT2D eigenvalue weighted by Gasteiger charge is 2.15. The van der Waals surface area contributed by atoms with Gasteiger partial charge in [-0.15, -0.1) is 0 Å². The minimum Gasteiger partial charge on any atom is -0.497 e. The predicted molar refractivity (Wildman–Crippen MR) is 81.3 cm³/mol. The number of ether oxygens (including phenoxy) is 1. The molecule has 2 aromatic carbocycles. The number of rotatable bonds is 3. The monoisotopic (exact) mass is 296 g/mol. The van der Waals surface area contributed by atoms with Gasteiger partial charge in [-0.05, 0) is 30.3 Å². The topological polar surface area (TPSA) is 92.3 Å². The van der Waals surface area contributed by atoms with E-state index in [9.17, 15) is 14.7 Å². The van der Waals surface area contributed by atoms with Crippen LogP contribution in [0.25, 0.3) is 22.3 Å². The fourth-order valence-electron chi connectivity index (χ4n) is 2.25. The Labute approximate surface area is 125 Å². The van der Waals surface area contributed by atoms with E-state index in [1.807, 2.05) is 0 Å². The molecule has 0 atom stereocenters. The Kier molecular flexibility index (Phi) is 3.34. The zero-order chi connectivity index (χ0) is 15.7. The lowest BCUT2D eigenvalue weighted by molar-refractivity contribution is 0.0697. The quantitative estimate of drug-likeness (QED) is 0.773. The van der Waals surface area contributed by atoms with Crippen LogP contribution in [0.15, 0.2) is 47.3 Å². The SMILES string of the molecule is COc1ccc(-c2nc3ccccc3c(=O)[nH]2)c(C(=O)O)c1. The number of carboxylic acid groups (broad SMARTS) is 1. The molecule has 0 aliphatic carbocycles. The van der Waals surface area contributed by atoms with Crippen LogP contribution >= 0.6 is 0 Å². The Morgan fingerprint density at radius 3 is 2.73 bits per heavy atom. The summed E-state index contributed by atoms with van der Waals surface area (Å²) in [5, 5.41) is 9.81. The van der Waals surface area contributed by atoms with Crippen molar-refractivity contribution >= 4 is 16.9 Å². The lowest BCUT2D eigenvalue weighted by atomic mass is 10.1. The van der Waals surface area contributed by atoms with Gasteiger partial charge in [0.05, 0.1) is 23.6 Å². The van der Waals surface area contributed by atoms with Crippen molar-refractivity contribution in [2.45, 2.75) is 0 Å². The third-order valence-electron chi connectivity index (χ3n) is 3.33. The van der Waals surface area contributed by atoms with Gasteiger partial charge in [0.1, 0.15) is 11.6 Å². The minimum absolute atomic E-state index is 0.0118. The molecule has 0 aliphatic heterocycles. The summed E-state index contributed by atoms with van der Waals surface area (Å²) in [6.07, 6.45) is 0. The van der Waals surface area contributed by atoms with E-state index < -0.39 is 5.97 Å². The van der Waals surface area contributed by atoms with E-state index in [0.717, 1.165) is 0 Å². The first-order valence-corrected chi connectivity index (χ1v) is 6.51. The molecule has 0 aliphatic rings. The zero-order valence-electron chi connectivity index (χ0n) is 11.7. The van der Waals surface area contributed by atoms with Crippen LogP contribution in [0.3, 0.4) is 0 Å². The summed E-state index contributed by atoms with van der Waals surface area (Å²) in [7, 11) is 1.46. The maximum atomic E-state index is 12.1. The van der Waals surface area contributed by atoms with Gasteiger partial charge >= 0.3 is 5.97 Å². The largest absolute Gasteiger partial charge is 0.497 e. The molecule has 6 nitrogen and oxygen atoms in total.